The molecule has 0 saturated heterocycles. The van der Waals surface area contributed by atoms with E-state index in [1.54, 1.807) is 0 Å². The second-order valence-corrected chi connectivity index (χ2v) is 8.11. The summed E-state index contributed by atoms with van der Waals surface area (Å²) < 4.78 is 65.6. The highest BCUT2D eigenvalue weighted by Gasteiger charge is 2.46. The average Bonchev–Trinajstić information content (AvgIpc) is 2.61. The van der Waals surface area contributed by atoms with Crippen molar-refractivity contribution in [3.63, 3.8) is 0 Å². The molecule has 0 bridgehead atoms. The predicted octanol–water partition coefficient (Wildman–Crippen LogP) is 2.73. The molecular formula is C17H20F3N3O3S. The number of amides is 1. The maximum absolute atomic E-state index is 13.1. The SMILES string of the molecule is N#CCCNS(=O)(=O)c1ccc(C(=O)NC2CCCCC2C(F)(F)F)cc1. The number of halogens is 3. The molecule has 1 aliphatic rings. The van der Waals surface area contributed by atoms with Gasteiger partial charge in [-0.2, -0.15) is 18.4 Å². The Morgan fingerprint density at radius 3 is 2.41 bits per heavy atom. The molecule has 2 unspecified atom stereocenters. The Morgan fingerprint density at radius 2 is 1.81 bits per heavy atom. The molecule has 27 heavy (non-hydrogen) atoms. The maximum atomic E-state index is 13.1. The molecular weight excluding hydrogens is 383 g/mol. The minimum atomic E-state index is -4.37. The summed E-state index contributed by atoms with van der Waals surface area (Å²) >= 11 is 0. The smallest absolute Gasteiger partial charge is 0.349 e. The Labute approximate surface area is 155 Å². The molecule has 10 heteroatoms. The zero-order chi connectivity index (χ0) is 20.1. The van der Waals surface area contributed by atoms with Crippen LogP contribution in [0.5, 0.6) is 0 Å². The number of alkyl halides is 3. The van der Waals surface area contributed by atoms with E-state index in [4.69, 9.17) is 5.26 Å². The molecule has 148 valence electrons. The van der Waals surface area contributed by atoms with Gasteiger partial charge in [-0.1, -0.05) is 12.8 Å². The number of nitrogens with zero attached hydrogens (tertiary/aromatic N) is 1. The van der Waals surface area contributed by atoms with E-state index in [1.165, 1.54) is 24.3 Å². The molecule has 0 heterocycles. The van der Waals surface area contributed by atoms with Crippen molar-refractivity contribution in [1.29, 1.82) is 5.26 Å². The summed E-state index contributed by atoms with van der Waals surface area (Å²) in [4.78, 5) is 12.2. The number of benzene rings is 1. The van der Waals surface area contributed by atoms with Gasteiger partial charge in [0, 0.05) is 24.6 Å². The summed E-state index contributed by atoms with van der Waals surface area (Å²) in [6.45, 7) is -0.0401. The van der Waals surface area contributed by atoms with Crippen LogP contribution in [0.4, 0.5) is 13.2 Å². The largest absolute Gasteiger partial charge is 0.393 e. The number of nitriles is 1. The fourth-order valence-corrected chi connectivity index (χ4v) is 4.09. The van der Waals surface area contributed by atoms with Crippen LogP contribution in [-0.2, 0) is 10.0 Å². The van der Waals surface area contributed by atoms with E-state index in [9.17, 15) is 26.4 Å². The molecule has 2 N–H and O–H groups in total. The lowest BCUT2D eigenvalue weighted by Crippen LogP contribution is -2.47. The van der Waals surface area contributed by atoms with Crippen LogP contribution in [0.1, 0.15) is 42.5 Å². The lowest BCUT2D eigenvalue weighted by molar-refractivity contribution is -0.187. The highest BCUT2D eigenvalue weighted by atomic mass is 32.2. The standard InChI is InChI=1S/C17H20F3N3O3S/c18-17(19,20)14-4-1-2-5-15(14)23-16(24)12-6-8-13(9-7-12)27(25,26)22-11-3-10-21/h6-9,14-15,22H,1-5,11H2,(H,23,24). The molecule has 1 aromatic carbocycles. The van der Waals surface area contributed by atoms with Gasteiger partial charge in [0.2, 0.25) is 10.0 Å². The van der Waals surface area contributed by atoms with Gasteiger partial charge in [0.05, 0.1) is 16.9 Å². The van der Waals surface area contributed by atoms with E-state index < -0.39 is 34.1 Å². The number of hydrogen-bond acceptors (Lipinski definition) is 4. The average molecular weight is 403 g/mol. The van der Waals surface area contributed by atoms with Crippen LogP contribution < -0.4 is 10.0 Å². The summed E-state index contributed by atoms with van der Waals surface area (Å²) in [6, 6.07) is 5.72. The number of carbonyl (C=O) groups excluding carboxylic acids is 1. The summed E-state index contributed by atoms with van der Waals surface area (Å²) in [5.41, 5.74) is 0.0810. The van der Waals surface area contributed by atoms with Gasteiger partial charge in [-0.15, -0.1) is 0 Å². The summed E-state index contributed by atoms with van der Waals surface area (Å²) in [5.74, 6) is -2.24. The van der Waals surface area contributed by atoms with Crippen LogP contribution in [0.15, 0.2) is 29.2 Å². The van der Waals surface area contributed by atoms with Gasteiger partial charge in [-0.25, -0.2) is 13.1 Å². The van der Waals surface area contributed by atoms with Crippen molar-refractivity contribution < 1.29 is 26.4 Å². The summed E-state index contributed by atoms with van der Waals surface area (Å²) in [7, 11) is -3.81. The first kappa shape index (κ1) is 21.2. The van der Waals surface area contributed by atoms with Gasteiger partial charge < -0.3 is 5.32 Å². The number of carbonyl (C=O) groups is 1. The van der Waals surface area contributed by atoms with E-state index in [0.717, 1.165) is 0 Å². The zero-order valence-corrected chi connectivity index (χ0v) is 15.2. The minimum Gasteiger partial charge on any atom is -0.349 e. The van der Waals surface area contributed by atoms with Crippen molar-refractivity contribution in [3.8, 4) is 6.07 Å². The molecule has 0 aromatic heterocycles. The summed E-state index contributed by atoms with van der Waals surface area (Å²) in [5, 5.41) is 10.9. The first-order chi connectivity index (χ1) is 12.6. The fourth-order valence-electron chi connectivity index (χ4n) is 3.06. The van der Waals surface area contributed by atoms with Crippen molar-refractivity contribution in [2.24, 2.45) is 5.92 Å². The highest BCUT2D eigenvalue weighted by Crippen LogP contribution is 2.37. The third kappa shape index (κ3) is 5.68. The Bertz CT molecular complexity index is 801. The van der Waals surface area contributed by atoms with E-state index >= 15 is 0 Å². The lowest BCUT2D eigenvalue weighted by atomic mass is 9.84. The Hall–Kier alpha value is -2.12. The topological polar surface area (TPSA) is 99.1 Å². The highest BCUT2D eigenvalue weighted by molar-refractivity contribution is 7.89. The first-order valence-corrected chi connectivity index (χ1v) is 9.98. The molecule has 1 fully saturated rings. The monoisotopic (exact) mass is 403 g/mol. The molecule has 1 aromatic rings. The van der Waals surface area contributed by atoms with Crippen molar-refractivity contribution in [2.75, 3.05) is 6.54 Å². The first-order valence-electron chi connectivity index (χ1n) is 8.49. The van der Waals surface area contributed by atoms with Gasteiger partial charge >= 0.3 is 6.18 Å². The van der Waals surface area contributed by atoms with Gasteiger partial charge in [0.25, 0.3) is 5.91 Å². The lowest BCUT2D eigenvalue weighted by Gasteiger charge is -2.33. The summed E-state index contributed by atoms with van der Waals surface area (Å²) in [6.07, 6.45) is -3.02. The van der Waals surface area contributed by atoms with Crippen molar-refractivity contribution >= 4 is 15.9 Å². The molecule has 1 amide bonds. The molecule has 2 atom stereocenters. The quantitative estimate of drug-likeness (QED) is 0.714. The van der Waals surface area contributed by atoms with Crippen LogP contribution in [-0.4, -0.2) is 33.1 Å². The van der Waals surface area contributed by atoms with E-state index in [0.29, 0.717) is 12.8 Å². The van der Waals surface area contributed by atoms with Crippen LogP contribution in [0, 0.1) is 17.2 Å². The molecule has 0 spiro atoms. The van der Waals surface area contributed by atoms with Crippen LogP contribution in [0.3, 0.4) is 0 Å². The van der Waals surface area contributed by atoms with E-state index in [2.05, 4.69) is 10.0 Å². The Morgan fingerprint density at radius 1 is 1.19 bits per heavy atom. The molecule has 6 nitrogen and oxygen atoms in total. The number of rotatable bonds is 6. The van der Waals surface area contributed by atoms with Gasteiger partial charge in [-0.05, 0) is 37.1 Å². The third-order valence-corrected chi connectivity index (χ3v) is 5.94. The molecule has 0 radical (unpaired) electrons. The van der Waals surface area contributed by atoms with Crippen LogP contribution in [0.2, 0.25) is 0 Å². The second kappa shape index (κ2) is 8.71. The Kier molecular flexibility index (Phi) is 6.84. The number of hydrogen-bond donors (Lipinski definition) is 2. The number of sulfonamides is 1. The zero-order valence-electron chi connectivity index (χ0n) is 14.4. The molecule has 1 saturated carbocycles. The van der Waals surface area contributed by atoms with E-state index in [1.807, 2.05) is 6.07 Å². The van der Waals surface area contributed by atoms with Gasteiger partial charge in [0.1, 0.15) is 0 Å². The number of nitrogens with one attached hydrogen (secondary N) is 2. The maximum Gasteiger partial charge on any atom is 0.393 e. The fraction of sp³-hybridized carbons (Fsp3) is 0.529. The normalized spacial score (nSPS) is 20.7. The van der Waals surface area contributed by atoms with Crippen molar-refractivity contribution in [3.05, 3.63) is 29.8 Å². The molecule has 1 aliphatic carbocycles. The second-order valence-electron chi connectivity index (χ2n) is 6.34. The molecule has 2 rings (SSSR count). The van der Waals surface area contributed by atoms with Crippen molar-refractivity contribution in [2.45, 2.75) is 49.2 Å². The molecule has 0 aliphatic heterocycles. The van der Waals surface area contributed by atoms with Gasteiger partial charge in [0.15, 0.2) is 0 Å². The third-order valence-electron chi connectivity index (χ3n) is 4.46. The van der Waals surface area contributed by atoms with Crippen LogP contribution in [0.25, 0.3) is 0 Å². The van der Waals surface area contributed by atoms with Crippen molar-refractivity contribution in [1.82, 2.24) is 10.0 Å². The minimum absolute atomic E-state index is 0.0139. The Balaban J connectivity index is 2.06. The van der Waals surface area contributed by atoms with Gasteiger partial charge in [-0.3, -0.25) is 4.79 Å². The van der Waals surface area contributed by atoms with E-state index in [-0.39, 0.29) is 36.3 Å². The predicted molar refractivity (Wildman–Crippen MR) is 91.1 cm³/mol. The van der Waals surface area contributed by atoms with Crippen LogP contribution >= 0.6 is 0 Å².